The number of rotatable bonds is 5. The highest BCUT2D eigenvalue weighted by Gasteiger charge is 2.17. The minimum absolute atomic E-state index is 0.0512. The number of benzene rings is 1. The second kappa shape index (κ2) is 7.87. The Hall–Kier alpha value is -2.74. The Morgan fingerprint density at radius 1 is 1.00 bits per heavy atom. The molecular weight excluding hydrogens is 364 g/mol. The van der Waals surface area contributed by atoms with Gasteiger partial charge in [-0.1, -0.05) is 0 Å². The predicted molar refractivity (Wildman–Crippen MR) is 104 cm³/mol. The third-order valence-electron chi connectivity index (χ3n) is 4.24. The summed E-state index contributed by atoms with van der Waals surface area (Å²) in [6, 6.07) is 8.06. The van der Waals surface area contributed by atoms with Crippen LogP contribution in [-0.2, 0) is 14.8 Å². The molecule has 0 atom stereocenters. The summed E-state index contributed by atoms with van der Waals surface area (Å²) in [5, 5.41) is 3.07. The zero-order valence-electron chi connectivity index (χ0n) is 15.3. The number of anilines is 2. The van der Waals surface area contributed by atoms with Crippen LogP contribution in [0.5, 0.6) is 0 Å². The van der Waals surface area contributed by atoms with Crippen molar-refractivity contribution in [1.82, 2.24) is 9.97 Å². The molecule has 0 aliphatic heterocycles. The van der Waals surface area contributed by atoms with Gasteiger partial charge in [0, 0.05) is 35.3 Å². The highest BCUT2D eigenvalue weighted by molar-refractivity contribution is 7.92. The summed E-state index contributed by atoms with van der Waals surface area (Å²) in [7, 11) is -3.78. The van der Waals surface area contributed by atoms with Gasteiger partial charge in [0.15, 0.2) is 5.78 Å². The first-order chi connectivity index (χ1) is 12.8. The number of aryl methyl sites for hydroxylation is 2. The highest BCUT2D eigenvalue weighted by atomic mass is 32.2. The molecular formula is C19H22N4O3S. The third kappa shape index (κ3) is 4.91. The molecule has 0 amide bonds. The molecule has 0 bridgehead atoms. The summed E-state index contributed by atoms with van der Waals surface area (Å²) in [6.45, 7) is 3.55. The van der Waals surface area contributed by atoms with Gasteiger partial charge >= 0.3 is 0 Å². The zero-order valence-corrected chi connectivity index (χ0v) is 16.1. The fourth-order valence-corrected chi connectivity index (χ4v) is 3.85. The second-order valence-electron chi connectivity index (χ2n) is 6.55. The minimum atomic E-state index is -3.78. The van der Waals surface area contributed by atoms with Crippen LogP contribution in [0.2, 0.25) is 0 Å². The van der Waals surface area contributed by atoms with E-state index in [2.05, 4.69) is 20.0 Å². The van der Waals surface area contributed by atoms with E-state index in [1.54, 1.807) is 38.2 Å². The molecule has 3 rings (SSSR count). The maximum Gasteiger partial charge on any atom is 0.264 e. The van der Waals surface area contributed by atoms with Gasteiger partial charge in [0.1, 0.15) is 0 Å². The Morgan fingerprint density at radius 2 is 1.63 bits per heavy atom. The van der Waals surface area contributed by atoms with Crippen molar-refractivity contribution in [2.45, 2.75) is 44.4 Å². The highest BCUT2D eigenvalue weighted by Crippen LogP contribution is 2.21. The fraction of sp³-hybridized carbons (Fsp3) is 0.316. The normalized spacial score (nSPS) is 16.4. The molecule has 0 unspecified atom stereocenters. The predicted octanol–water partition coefficient (Wildman–Crippen LogP) is 3.33. The first-order valence-electron chi connectivity index (χ1n) is 8.77. The number of allylic oxidation sites excluding steroid dienone is 1. The molecule has 1 fully saturated rings. The lowest BCUT2D eigenvalue weighted by molar-refractivity contribution is -0.116. The van der Waals surface area contributed by atoms with E-state index in [1.165, 1.54) is 12.1 Å². The van der Waals surface area contributed by atoms with Gasteiger partial charge in [-0.25, -0.2) is 23.1 Å². The molecule has 1 aromatic heterocycles. The van der Waals surface area contributed by atoms with Crippen LogP contribution in [-0.4, -0.2) is 24.2 Å². The van der Waals surface area contributed by atoms with Gasteiger partial charge in [0.2, 0.25) is 5.95 Å². The summed E-state index contributed by atoms with van der Waals surface area (Å²) in [6.07, 6.45) is 5.05. The van der Waals surface area contributed by atoms with E-state index in [0.29, 0.717) is 23.5 Å². The number of ketones is 1. The van der Waals surface area contributed by atoms with Gasteiger partial charge in [0.25, 0.3) is 10.0 Å². The van der Waals surface area contributed by atoms with Crippen LogP contribution in [0, 0.1) is 13.8 Å². The molecule has 0 radical (unpaired) electrons. The Morgan fingerprint density at radius 3 is 2.26 bits per heavy atom. The molecule has 2 aromatic rings. The molecule has 0 spiro atoms. The van der Waals surface area contributed by atoms with E-state index in [4.69, 9.17) is 0 Å². The number of hydrogen-bond donors (Lipinski definition) is 2. The van der Waals surface area contributed by atoms with Crippen molar-refractivity contribution in [3.8, 4) is 0 Å². The Labute approximate surface area is 159 Å². The van der Waals surface area contributed by atoms with Gasteiger partial charge in [-0.15, -0.1) is 0 Å². The van der Waals surface area contributed by atoms with Gasteiger partial charge in [0.05, 0.1) is 4.90 Å². The number of carbonyl (C=O) groups excluding carboxylic acids is 1. The van der Waals surface area contributed by atoms with Crippen molar-refractivity contribution < 1.29 is 13.2 Å². The van der Waals surface area contributed by atoms with E-state index >= 15 is 0 Å². The van der Waals surface area contributed by atoms with Crippen molar-refractivity contribution in [3.05, 3.63) is 53.5 Å². The SMILES string of the molecule is Cc1cc(C)nc(NS(=O)(=O)c2ccc(N/C=C3/CCCCC3=O)cc2)n1. The topological polar surface area (TPSA) is 101 Å². The number of aromatic nitrogens is 2. The van der Waals surface area contributed by atoms with Crippen LogP contribution >= 0.6 is 0 Å². The lowest BCUT2D eigenvalue weighted by atomic mass is 9.94. The van der Waals surface area contributed by atoms with E-state index in [1.807, 2.05) is 0 Å². The summed E-state index contributed by atoms with van der Waals surface area (Å²) in [4.78, 5) is 20.1. The average Bonchev–Trinajstić information content (AvgIpc) is 2.60. The van der Waals surface area contributed by atoms with E-state index in [9.17, 15) is 13.2 Å². The molecule has 27 heavy (non-hydrogen) atoms. The molecule has 1 heterocycles. The van der Waals surface area contributed by atoms with E-state index < -0.39 is 10.0 Å². The fourth-order valence-electron chi connectivity index (χ4n) is 2.91. The smallest absolute Gasteiger partial charge is 0.264 e. The largest absolute Gasteiger partial charge is 0.361 e. The summed E-state index contributed by atoms with van der Waals surface area (Å²) < 4.78 is 27.4. The van der Waals surface area contributed by atoms with Crippen molar-refractivity contribution in [1.29, 1.82) is 0 Å². The molecule has 1 aliphatic carbocycles. The first kappa shape index (κ1) is 19.0. The number of sulfonamides is 1. The van der Waals surface area contributed by atoms with E-state index in [0.717, 1.165) is 24.8 Å². The van der Waals surface area contributed by atoms with Crippen molar-refractivity contribution >= 4 is 27.4 Å². The number of hydrogen-bond acceptors (Lipinski definition) is 6. The second-order valence-corrected chi connectivity index (χ2v) is 8.23. The van der Waals surface area contributed by atoms with Crippen molar-refractivity contribution in [2.24, 2.45) is 0 Å². The maximum absolute atomic E-state index is 12.5. The quantitative estimate of drug-likeness (QED) is 0.765. The Balaban J connectivity index is 1.72. The number of nitrogens with one attached hydrogen (secondary N) is 2. The molecule has 142 valence electrons. The lowest BCUT2D eigenvalue weighted by Gasteiger charge is -2.13. The zero-order chi connectivity index (χ0) is 19.4. The van der Waals surface area contributed by atoms with Gasteiger partial charge in [-0.3, -0.25) is 4.79 Å². The van der Waals surface area contributed by atoms with Crippen LogP contribution < -0.4 is 10.0 Å². The molecule has 1 aromatic carbocycles. The number of Topliss-reactive ketones (excluding diaryl/α,β-unsaturated/α-hetero) is 1. The van der Waals surface area contributed by atoms with Crippen molar-refractivity contribution in [2.75, 3.05) is 10.0 Å². The van der Waals surface area contributed by atoms with Gasteiger partial charge < -0.3 is 5.32 Å². The molecule has 1 saturated carbocycles. The van der Waals surface area contributed by atoms with Crippen LogP contribution in [0.1, 0.15) is 37.1 Å². The van der Waals surface area contributed by atoms with Crippen LogP contribution in [0.4, 0.5) is 11.6 Å². The van der Waals surface area contributed by atoms with E-state index in [-0.39, 0.29) is 16.6 Å². The average molecular weight is 386 g/mol. The summed E-state index contributed by atoms with van der Waals surface area (Å²) in [5.74, 6) is 0.223. The minimum Gasteiger partial charge on any atom is -0.361 e. The Kier molecular flexibility index (Phi) is 5.55. The molecule has 7 nitrogen and oxygen atoms in total. The Bertz CT molecular complexity index is 962. The molecule has 8 heteroatoms. The molecule has 1 aliphatic rings. The lowest BCUT2D eigenvalue weighted by Crippen LogP contribution is -2.15. The summed E-state index contributed by atoms with van der Waals surface area (Å²) >= 11 is 0. The summed E-state index contributed by atoms with van der Waals surface area (Å²) in [5.41, 5.74) is 2.86. The maximum atomic E-state index is 12.5. The van der Waals surface area contributed by atoms with Crippen LogP contribution in [0.3, 0.4) is 0 Å². The van der Waals surface area contributed by atoms with Crippen LogP contribution in [0.15, 0.2) is 47.0 Å². The first-order valence-corrected chi connectivity index (χ1v) is 10.3. The van der Waals surface area contributed by atoms with Gasteiger partial charge in [-0.2, -0.15) is 0 Å². The monoisotopic (exact) mass is 386 g/mol. The number of nitrogens with zero attached hydrogens (tertiary/aromatic N) is 2. The molecule has 2 N–H and O–H groups in total. The molecule has 0 saturated heterocycles. The van der Waals surface area contributed by atoms with Crippen LogP contribution in [0.25, 0.3) is 0 Å². The number of carbonyl (C=O) groups is 1. The standard InChI is InChI=1S/C19H22N4O3S/c1-13-11-14(2)22-19(21-13)23-27(25,26)17-9-7-16(8-10-17)20-12-15-5-3-4-6-18(15)24/h7-12,20H,3-6H2,1-2H3,(H,21,22,23)/b15-12-. The third-order valence-corrected chi connectivity index (χ3v) is 5.59. The van der Waals surface area contributed by atoms with Gasteiger partial charge in [-0.05, 0) is 63.4 Å². The van der Waals surface area contributed by atoms with Crippen molar-refractivity contribution in [3.63, 3.8) is 0 Å².